The van der Waals surface area contributed by atoms with Crippen LogP contribution in [0.3, 0.4) is 0 Å². The maximum absolute atomic E-state index is 15.8. The van der Waals surface area contributed by atoms with Gasteiger partial charge in [0, 0.05) is 88.1 Å². The Morgan fingerprint density at radius 3 is 2.43 bits per heavy atom. The Morgan fingerprint density at radius 1 is 0.912 bits per heavy atom. The van der Waals surface area contributed by atoms with Crippen LogP contribution in [0, 0.1) is 5.82 Å². The number of aliphatic hydroxyl groups is 1. The van der Waals surface area contributed by atoms with E-state index < -0.39 is 48.0 Å². The van der Waals surface area contributed by atoms with Crippen LogP contribution in [-0.4, -0.2) is 129 Å². The van der Waals surface area contributed by atoms with Crippen molar-refractivity contribution < 1.29 is 62.3 Å². The van der Waals surface area contributed by atoms with Gasteiger partial charge >= 0.3 is 0 Å². The van der Waals surface area contributed by atoms with Crippen molar-refractivity contribution >= 4 is 58.1 Å². The minimum absolute atomic E-state index is 0.0397. The fourth-order valence-electron chi connectivity index (χ4n) is 8.40. The average Bonchev–Trinajstić information content (AvgIpc) is 4.00. The molecule has 8 rings (SSSR count). The number of imide groups is 2. The van der Waals surface area contributed by atoms with Crippen LogP contribution in [0.15, 0.2) is 67.1 Å². The molecule has 0 spiro atoms. The molecule has 2 aromatic carbocycles. The number of Topliss-reactive ketones (excluding diaryl/α,β-unsaturated/α-hetero) is 1. The number of nitrogens with zero attached hydrogens (tertiary/aromatic N) is 5. The molecule has 5 aromatic rings. The Bertz CT molecular complexity index is 2800. The second-order valence-corrected chi connectivity index (χ2v) is 16.5. The summed E-state index contributed by atoms with van der Waals surface area (Å²) in [6.07, 6.45) is 5.79. The summed E-state index contributed by atoms with van der Waals surface area (Å²) in [6.45, 7) is 2.90. The second kappa shape index (κ2) is 20.7. The highest BCUT2D eigenvalue weighted by Crippen LogP contribution is 2.33. The lowest BCUT2D eigenvalue weighted by atomic mass is 10.0. The van der Waals surface area contributed by atoms with Crippen LogP contribution in [0.25, 0.3) is 16.6 Å². The molecular weight excluding hydrogens is 888 g/mol. The summed E-state index contributed by atoms with van der Waals surface area (Å²) in [7, 11) is 1.69. The largest absolute Gasteiger partial charge is 0.490 e. The van der Waals surface area contributed by atoms with E-state index in [1.165, 1.54) is 42.1 Å². The number of ketones is 1. The molecule has 0 aliphatic carbocycles. The molecule has 0 bridgehead atoms. The number of fused-ring (bicyclic) bond motifs is 2. The number of aliphatic hydroxyl groups excluding tert-OH is 1. The molecule has 0 radical (unpaired) electrons. The number of carbonyl (C=O) groups is 7. The fourth-order valence-corrected chi connectivity index (χ4v) is 8.40. The number of hydrogen-bond acceptors (Lipinski definition) is 14. The molecule has 356 valence electrons. The Balaban J connectivity index is 0.741. The highest BCUT2D eigenvalue weighted by Gasteiger charge is 2.44. The van der Waals surface area contributed by atoms with E-state index in [1.807, 2.05) is 0 Å². The number of rotatable bonds is 19. The maximum atomic E-state index is 15.8. The van der Waals surface area contributed by atoms with Gasteiger partial charge in [-0.25, -0.2) is 14.2 Å². The van der Waals surface area contributed by atoms with Crippen molar-refractivity contribution in [1.82, 2.24) is 29.3 Å². The summed E-state index contributed by atoms with van der Waals surface area (Å²) in [5.41, 5.74) is 2.51. The zero-order valence-electron chi connectivity index (χ0n) is 37.2. The van der Waals surface area contributed by atoms with Crippen LogP contribution in [0.2, 0.25) is 0 Å². The summed E-state index contributed by atoms with van der Waals surface area (Å²) < 4.78 is 30.8. The van der Waals surface area contributed by atoms with Crippen molar-refractivity contribution in [2.75, 3.05) is 56.7 Å². The minimum Gasteiger partial charge on any atom is -0.490 e. The lowest BCUT2D eigenvalue weighted by molar-refractivity contribution is -0.298. The quantitative estimate of drug-likeness (QED) is 0.0304. The Morgan fingerprint density at radius 2 is 1.69 bits per heavy atom. The lowest BCUT2D eigenvalue weighted by Crippen LogP contribution is -2.54. The van der Waals surface area contributed by atoms with Gasteiger partial charge in [0.05, 0.1) is 72.6 Å². The minimum atomic E-state index is -1.04. The van der Waals surface area contributed by atoms with Gasteiger partial charge in [-0.05, 0) is 54.4 Å². The van der Waals surface area contributed by atoms with Crippen molar-refractivity contribution in [3.63, 3.8) is 0 Å². The van der Waals surface area contributed by atoms with E-state index in [9.17, 15) is 38.7 Å². The van der Waals surface area contributed by atoms with E-state index in [-0.39, 0.29) is 97.1 Å². The molecule has 4 N–H and O–H groups in total. The zero-order chi connectivity index (χ0) is 48.1. The van der Waals surface area contributed by atoms with Crippen molar-refractivity contribution in [2.24, 2.45) is 7.05 Å². The molecule has 0 saturated carbocycles. The number of hydrogen-bond donors (Lipinski definition) is 4. The molecule has 2 saturated heterocycles. The fraction of sp³-hybridized carbons (Fsp3) is 0.362. The van der Waals surface area contributed by atoms with Gasteiger partial charge in [0.1, 0.15) is 24.5 Å². The molecule has 1 atom stereocenters. The van der Waals surface area contributed by atoms with Gasteiger partial charge in [-0.3, -0.25) is 48.5 Å². The number of nitrogens with one attached hydrogen (secondary N) is 3. The second-order valence-electron chi connectivity index (χ2n) is 16.5. The Kier molecular flexibility index (Phi) is 14.3. The standard InChI is InChI=1S/C47H49FN8O12/c1-27(58)39-23-36(44(61)51-37-20-28(26-57)19-34(43(37)48)29-24-50-53(2)25-29)40-22-32(9-14-55(39)40)68-31-7-12-54(13-8-31)42(60)10-15-66-67-18-17-65-16-11-49-30-3-4-33-35(21-30)47(64)56(46(33)63)38-5-6-41(59)52-45(38)62/h3-4,9,14,19-25,31,38,49,57H,5-8,10-13,15-18,26H2,1-2H3,(H,51,61)(H,52,59,62). The van der Waals surface area contributed by atoms with Crippen molar-refractivity contribution in [3.8, 4) is 16.9 Å². The molecule has 20 nitrogen and oxygen atoms in total. The summed E-state index contributed by atoms with van der Waals surface area (Å²) in [4.78, 5) is 102. The third-order valence-corrected chi connectivity index (χ3v) is 11.8. The van der Waals surface area contributed by atoms with Gasteiger partial charge in [-0.2, -0.15) is 5.10 Å². The number of piperidine rings is 2. The first-order valence-electron chi connectivity index (χ1n) is 22.1. The molecular formula is C47H49FN8O12. The molecule has 21 heteroatoms. The number of anilines is 2. The van der Waals surface area contributed by atoms with E-state index in [2.05, 4.69) is 21.0 Å². The van der Waals surface area contributed by atoms with Crippen LogP contribution < -0.4 is 20.7 Å². The van der Waals surface area contributed by atoms with Crippen LogP contribution in [0.1, 0.15) is 86.2 Å². The van der Waals surface area contributed by atoms with Crippen LogP contribution in [-0.2, 0) is 42.6 Å². The van der Waals surface area contributed by atoms with Gasteiger partial charge in [0.15, 0.2) is 11.6 Å². The number of benzene rings is 2. The third-order valence-electron chi connectivity index (χ3n) is 11.8. The summed E-state index contributed by atoms with van der Waals surface area (Å²) >= 11 is 0. The number of ether oxygens (including phenoxy) is 2. The molecule has 1 unspecified atom stereocenters. The first kappa shape index (κ1) is 47.2. The summed E-state index contributed by atoms with van der Waals surface area (Å²) in [5, 5.41) is 21.9. The molecule has 6 heterocycles. The Hall–Kier alpha value is -7.33. The topological polar surface area (TPSA) is 241 Å². The van der Waals surface area contributed by atoms with Crippen molar-refractivity contribution in [3.05, 3.63) is 101 Å². The van der Waals surface area contributed by atoms with E-state index in [4.69, 9.17) is 19.2 Å². The van der Waals surface area contributed by atoms with E-state index >= 15 is 4.39 Å². The molecule has 68 heavy (non-hydrogen) atoms. The number of amides is 6. The molecule has 2 fully saturated rings. The molecule has 3 aliphatic heterocycles. The third kappa shape index (κ3) is 10.3. The van der Waals surface area contributed by atoms with E-state index in [0.29, 0.717) is 60.6 Å². The van der Waals surface area contributed by atoms with Crippen LogP contribution in [0.5, 0.6) is 5.75 Å². The lowest BCUT2D eigenvalue weighted by Gasteiger charge is -2.32. The number of likely N-dealkylation sites (tertiary alicyclic amines) is 1. The predicted octanol–water partition coefficient (Wildman–Crippen LogP) is 3.66. The first-order chi connectivity index (χ1) is 32.8. The van der Waals surface area contributed by atoms with Crippen LogP contribution >= 0.6 is 0 Å². The van der Waals surface area contributed by atoms with E-state index in [1.54, 1.807) is 53.0 Å². The average molecular weight is 937 g/mol. The number of carbonyl (C=O) groups excluding carboxylic acids is 7. The number of aryl methyl sites for hydroxylation is 1. The summed E-state index contributed by atoms with van der Waals surface area (Å²) in [5.74, 6) is -3.60. The maximum Gasteiger partial charge on any atom is 0.262 e. The normalized spacial score (nSPS) is 16.3. The van der Waals surface area contributed by atoms with Gasteiger partial charge in [-0.15, -0.1) is 0 Å². The molecule has 3 aromatic heterocycles. The van der Waals surface area contributed by atoms with Gasteiger partial charge in [0.2, 0.25) is 17.7 Å². The smallest absolute Gasteiger partial charge is 0.262 e. The number of pyridine rings is 1. The van der Waals surface area contributed by atoms with Crippen molar-refractivity contribution in [2.45, 2.75) is 57.8 Å². The van der Waals surface area contributed by atoms with Gasteiger partial charge in [0.25, 0.3) is 17.7 Å². The monoisotopic (exact) mass is 936 g/mol. The van der Waals surface area contributed by atoms with Crippen molar-refractivity contribution in [1.29, 1.82) is 0 Å². The summed E-state index contributed by atoms with van der Waals surface area (Å²) in [6, 6.07) is 11.3. The first-order valence-corrected chi connectivity index (χ1v) is 22.1. The predicted molar refractivity (Wildman–Crippen MR) is 239 cm³/mol. The van der Waals surface area contributed by atoms with E-state index in [0.717, 1.165) is 4.90 Å². The molecule has 6 amide bonds. The molecule has 3 aliphatic rings. The number of aromatic nitrogens is 3. The van der Waals surface area contributed by atoms with Crippen LogP contribution in [0.4, 0.5) is 15.8 Å². The highest BCUT2D eigenvalue weighted by atomic mass is 19.1. The van der Waals surface area contributed by atoms with Gasteiger partial charge < -0.3 is 34.5 Å². The zero-order valence-corrected chi connectivity index (χ0v) is 37.2. The van der Waals surface area contributed by atoms with Gasteiger partial charge in [-0.1, -0.05) is 0 Å². The highest BCUT2D eigenvalue weighted by molar-refractivity contribution is 6.23. The number of halogens is 1. The SMILES string of the molecule is CC(=O)c1cc(C(=O)Nc2cc(CO)cc(-c3cnn(C)c3)c2F)c2cc(OC3CCN(C(=O)CCOOCCOCCNc4ccc5c(c4)C(=O)N(C4CCC(=O)NC4=O)C5=O)CC3)ccn12. The Labute approximate surface area is 388 Å².